The van der Waals surface area contributed by atoms with Crippen LogP contribution in [0.3, 0.4) is 0 Å². The van der Waals surface area contributed by atoms with Crippen molar-refractivity contribution in [1.29, 1.82) is 0 Å². The molecule has 1 saturated heterocycles. The van der Waals surface area contributed by atoms with E-state index in [4.69, 9.17) is 49.5 Å². The molecule has 490 valence electrons. The predicted octanol–water partition coefficient (Wildman–Crippen LogP) is 4.03. The molecule has 0 aromatic heterocycles. The molecule has 0 aliphatic carbocycles. The summed E-state index contributed by atoms with van der Waals surface area (Å²) in [6.45, 7) is 17.2. The monoisotopic (exact) mass is 1280 g/mol. The second-order valence-corrected chi connectivity index (χ2v) is 23.8. The number of halogens is 1. The summed E-state index contributed by atoms with van der Waals surface area (Å²) in [6, 6.07) is 9.10. The van der Waals surface area contributed by atoms with Gasteiger partial charge in [0.05, 0.1) is 69.9 Å². The summed E-state index contributed by atoms with van der Waals surface area (Å²) < 4.78 is 47.2. The Kier molecular flexibility index (Phi) is 33.4. The van der Waals surface area contributed by atoms with Gasteiger partial charge in [-0.1, -0.05) is 75.4 Å². The van der Waals surface area contributed by atoms with Crippen molar-refractivity contribution in [2.75, 3.05) is 73.6 Å². The van der Waals surface area contributed by atoms with Crippen molar-refractivity contribution < 1.29 is 81.0 Å². The number of rotatable bonds is 36. The van der Waals surface area contributed by atoms with Crippen LogP contribution in [0.1, 0.15) is 122 Å². The number of esters is 2. The molecule has 89 heavy (non-hydrogen) atoms. The molecule has 0 unspecified atom stereocenters. The van der Waals surface area contributed by atoms with E-state index < -0.39 is 95.3 Å². The van der Waals surface area contributed by atoms with E-state index in [1.165, 1.54) is 13.2 Å². The first-order valence-electron chi connectivity index (χ1n) is 30.2. The van der Waals surface area contributed by atoms with Gasteiger partial charge >= 0.3 is 28.4 Å². The van der Waals surface area contributed by atoms with Crippen LogP contribution >= 0.6 is 11.6 Å². The van der Waals surface area contributed by atoms with Gasteiger partial charge in [0, 0.05) is 64.8 Å². The Bertz CT molecular complexity index is 2700. The first-order chi connectivity index (χ1) is 42.5. The molecule has 0 spiro atoms. The lowest BCUT2D eigenvalue weighted by atomic mass is 9.92. The first kappa shape index (κ1) is 75.0. The standard InChI is InChI=1S/C63H92ClN7O17.Al/c1-39(2)34-50-61(79)86-48(15-12-17-53(74)69-47(36-43-21-24-49(82-9)45(64)35-43)59(77)68-38-63(6,7)62(80)87-50)41(5)56-57(88-56)44-22-19-42(20-23-44)37-67-58(76)46(70-60(78)55(40(3)4)71-54(75)18-13-16-51(65)72)14-10-11-26-66-52(73)25-27-83-30-31-85-33-32-84-29-28-81-8;/h12,17,19-24,35,39,41,46-48,50,55-57H,3,10-11,13-16,18,25-34,36-38H2,1-2,4-9H3,(H8,65,66,67,68,69,70,71,72,73,74,75,76,77,78);/q;+1/p-1/b17-12+;/t41-,46-,47+,48-,50-,55-,56+,57+;/m0./s1. The van der Waals surface area contributed by atoms with Gasteiger partial charge < -0.3 is 74.1 Å². The number of benzene rings is 2. The van der Waals surface area contributed by atoms with Crippen LogP contribution in [0.4, 0.5) is 0 Å². The van der Waals surface area contributed by atoms with Gasteiger partial charge in [0.15, 0.2) is 12.0 Å². The summed E-state index contributed by atoms with van der Waals surface area (Å²) in [6.07, 6.45) is 1.69. The summed E-state index contributed by atoms with van der Waals surface area (Å²) >= 11 is 8.51. The number of nitrogens with one attached hydrogen (secondary N) is 7. The van der Waals surface area contributed by atoms with Gasteiger partial charge in [0.2, 0.25) is 35.4 Å². The van der Waals surface area contributed by atoms with Crippen molar-refractivity contribution >= 4 is 81.4 Å². The highest BCUT2D eigenvalue weighted by molar-refractivity contribution is 6.32. The van der Waals surface area contributed by atoms with E-state index in [1.807, 2.05) is 45.0 Å². The molecule has 26 heteroatoms. The van der Waals surface area contributed by atoms with Crippen molar-refractivity contribution in [3.8, 4) is 5.75 Å². The maximum Gasteiger partial charge on any atom is 0.347 e. The third-order valence-electron chi connectivity index (χ3n) is 14.6. The van der Waals surface area contributed by atoms with E-state index in [-0.39, 0.29) is 88.8 Å². The van der Waals surface area contributed by atoms with Crippen molar-refractivity contribution in [3.63, 3.8) is 0 Å². The molecule has 2 aliphatic rings. The molecule has 8 atom stereocenters. The van der Waals surface area contributed by atoms with Crippen molar-refractivity contribution in [2.45, 2.75) is 155 Å². The van der Waals surface area contributed by atoms with E-state index in [0.717, 1.165) is 11.1 Å². The summed E-state index contributed by atoms with van der Waals surface area (Å²) in [4.78, 5) is 120. The number of carbonyl (C=O) groups excluding carboxylic acids is 9. The van der Waals surface area contributed by atoms with Gasteiger partial charge in [-0.15, -0.1) is 0 Å². The number of methoxy groups -OCH3 is 2. The lowest BCUT2D eigenvalue weighted by Crippen LogP contribution is -2.54. The lowest BCUT2D eigenvalue weighted by Gasteiger charge is -2.29. The van der Waals surface area contributed by atoms with Gasteiger partial charge in [0.1, 0.15) is 36.1 Å². The molecule has 2 aliphatic heterocycles. The summed E-state index contributed by atoms with van der Waals surface area (Å²) in [5.41, 5.74) is 1.19. The topological polar surface area (TPSA) is 315 Å². The number of hydrogen-bond donors (Lipinski definition) is 7. The fraction of sp³-hybridized carbons (Fsp3) is 0.603. The molecule has 2 radical (unpaired) electrons. The molecule has 7 amide bonds. The minimum absolute atomic E-state index is 0.0231. The Morgan fingerprint density at radius 1 is 0.798 bits per heavy atom. The molecular formula is C63H91AlClN7O17. The number of amides is 7. The van der Waals surface area contributed by atoms with Gasteiger partial charge in [0.25, 0.3) is 0 Å². The average molecular weight is 1280 g/mol. The Hall–Kier alpha value is -6.43. The maximum absolute atomic E-state index is 14.1. The molecule has 0 bridgehead atoms. The van der Waals surface area contributed by atoms with Crippen LogP contribution in [0.25, 0.3) is 0 Å². The van der Waals surface area contributed by atoms with Gasteiger partial charge in [-0.3, -0.25) is 38.4 Å². The zero-order valence-corrected chi connectivity index (χ0v) is 54.5. The number of cyclic esters (lactones) is 2. The third-order valence-corrected chi connectivity index (χ3v) is 15.2. The van der Waals surface area contributed by atoms with Crippen LogP contribution in [-0.4, -0.2) is 180 Å². The molecule has 2 aromatic carbocycles. The SMILES string of the molecule is C=C(C)[C@H](NC(=O)CCCC(=O)[NH][Al])C(=O)N[C@@H](CCCCNC(=O)CCOCCOCCOCCOC)C(=O)NCc1ccc([C@H]2O[C@@H]2[C@@H](C)[C@@H]2C/C=C/C(=O)N[C@H](Cc3ccc(OC)c(Cl)c3)C(=O)NCC(C)(C)C(=O)O[C@@H](CC(C)C)C(=O)O2)cc1. The van der Waals surface area contributed by atoms with Crippen LogP contribution in [0.15, 0.2) is 66.8 Å². The number of hydrogen-bond acceptors (Lipinski definition) is 17. The zero-order chi connectivity index (χ0) is 65.5. The Morgan fingerprint density at radius 2 is 1.46 bits per heavy atom. The van der Waals surface area contributed by atoms with Crippen LogP contribution in [-0.2, 0) is 89.3 Å². The zero-order valence-electron chi connectivity index (χ0n) is 52.6. The Balaban J connectivity index is 1.42. The Labute approximate surface area is 536 Å². The number of carbonyl (C=O) groups is 9. The minimum Gasteiger partial charge on any atom is -0.495 e. The van der Waals surface area contributed by atoms with E-state index in [9.17, 15) is 43.2 Å². The second-order valence-electron chi connectivity index (χ2n) is 23.1. The lowest BCUT2D eigenvalue weighted by molar-refractivity contribution is -0.179. The van der Waals surface area contributed by atoms with Gasteiger partial charge in [-0.25, -0.2) is 4.79 Å². The number of ether oxygens (including phenoxy) is 8. The Morgan fingerprint density at radius 3 is 2.10 bits per heavy atom. The average Bonchev–Trinajstić information content (AvgIpc) is 2.32. The van der Waals surface area contributed by atoms with Crippen molar-refractivity contribution in [2.24, 2.45) is 17.3 Å². The molecule has 7 N–H and O–H groups in total. The quantitative estimate of drug-likeness (QED) is 0.0167. The van der Waals surface area contributed by atoms with E-state index >= 15 is 0 Å². The number of epoxide rings is 1. The largest absolute Gasteiger partial charge is 0.495 e. The fourth-order valence-corrected chi connectivity index (χ4v) is 9.67. The summed E-state index contributed by atoms with van der Waals surface area (Å²) in [7, 11) is 3.08. The normalized spacial score (nSPS) is 20.0. The second kappa shape index (κ2) is 39.6. The molecule has 24 nitrogen and oxygen atoms in total. The van der Waals surface area contributed by atoms with E-state index in [1.54, 1.807) is 52.2 Å². The van der Waals surface area contributed by atoms with E-state index in [0.29, 0.717) is 80.9 Å². The predicted molar refractivity (Wildman–Crippen MR) is 331 cm³/mol. The smallest absolute Gasteiger partial charge is 0.347 e. The highest BCUT2D eigenvalue weighted by Gasteiger charge is 2.48. The van der Waals surface area contributed by atoms with Crippen molar-refractivity contribution in [3.05, 3.63) is 88.5 Å². The first-order valence-corrected chi connectivity index (χ1v) is 31.2. The molecule has 0 saturated carbocycles. The van der Waals surface area contributed by atoms with Gasteiger partial charge in [-0.05, 0) is 99.3 Å². The summed E-state index contributed by atoms with van der Waals surface area (Å²) in [5.74, 6) is -4.80. The minimum atomic E-state index is -1.30. The van der Waals surface area contributed by atoms with Crippen LogP contribution in [0, 0.1) is 17.3 Å². The van der Waals surface area contributed by atoms with Crippen LogP contribution in [0.5, 0.6) is 5.75 Å². The number of unbranched alkanes of at least 4 members (excludes halogenated alkanes) is 1. The molecule has 2 heterocycles. The molecule has 1 fully saturated rings. The van der Waals surface area contributed by atoms with E-state index in [2.05, 4.69) is 59.3 Å². The third kappa shape index (κ3) is 27.7. The maximum atomic E-state index is 14.1. The fourth-order valence-electron chi connectivity index (χ4n) is 9.25. The summed E-state index contributed by atoms with van der Waals surface area (Å²) in [5, 5.41) is 17.1. The highest BCUT2D eigenvalue weighted by Crippen LogP contribution is 2.45. The highest BCUT2D eigenvalue weighted by atomic mass is 35.5. The van der Waals surface area contributed by atoms with Gasteiger partial charge in [-0.2, -0.15) is 0 Å². The van der Waals surface area contributed by atoms with Crippen LogP contribution in [0.2, 0.25) is 5.02 Å². The molecule has 2 aromatic rings. The van der Waals surface area contributed by atoms with Crippen molar-refractivity contribution in [1.82, 2.24) is 36.2 Å². The molecule has 4 rings (SSSR count). The van der Waals surface area contributed by atoms with Crippen LogP contribution < -0.4 is 40.9 Å². The molecular weight excluding hydrogens is 1190 g/mol.